The molecule has 2 aromatic carbocycles. The van der Waals surface area contributed by atoms with Crippen molar-refractivity contribution in [2.45, 2.75) is 92.6 Å². The maximum Gasteiger partial charge on any atom is 0.425 e. The summed E-state index contributed by atoms with van der Waals surface area (Å²) in [4.78, 5) is 44.2. The maximum atomic E-state index is 13.3. The molecule has 2 N–H and O–H groups in total. The van der Waals surface area contributed by atoms with E-state index in [0.717, 1.165) is 4.90 Å². The highest BCUT2D eigenvalue weighted by Gasteiger charge is 2.35. The van der Waals surface area contributed by atoms with Crippen LogP contribution in [0.5, 0.6) is 11.5 Å². The molecule has 3 aromatic rings. The molecule has 2 amide bonds. The van der Waals surface area contributed by atoms with E-state index in [1.807, 2.05) is 27.7 Å². The molecule has 44 heavy (non-hydrogen) atoms. The van der Waals surface area contributed by atoms with Crippen molar-refractivity contribution in [2.24, 2.45) is 0 Å². The van der Waals surface area contributed by atoms with Gasteiger partial charge in [-0.05, 0) is 116 Å². The Bertz CT molecular complexity index is 1490. The van der Waals surface area contributed by atoms with Crippen molar-refractivity contribution in [3.63, 3.8) is 0 Å². The third-order valence-electron chi connectivity index (χ3n) is 6.07. The van der Waals surface area contributed by atoms with Gasteiger partial charge >= 0.3 is 18.2 Å². The second-order valence-corrected chi connectivity index (χ2v) is 12.5. The molecule has 0 saturated heterocycles. The number of amides is 2. The number of nitrogens with one attached hydrogen (secondary N) is 1. The van der Waals surface area contributed by atoms with Crippen LogP contribution < -0.4 is 19.7 Å². The summed E-state index contributed by atoms with van der Waals surface area (Å²) in [6.07, 6.45) is -0.498. The van der Waals surface area contributed by atoms with E-state index >= 15 is 0 Å². The smallest absolute Gasteiger partial charge is 0.425 e. The zero-order valence-corrected chi connectivity index (χ0v) is 27.1. The second-order valence-electron chi connectivity index (χ2n) is 12.5. The summed E-state index contributed by atoms with van der Waals surface area (Å²) in [7, 11) is 0. The van der Waals surface area contributed by atoms with Crippen LogP contribution in [0.3, 0.4) is 0 Å². The van der Waals surface area contributed by atoms with Crippen molar-refractivity contribution >= 4 is 40.4 Å². The summed E-state index contributed by atoms with van der Waals surface area (Å²) in [6, 6.07) is 8.99. The number of carbonyl (C=O) groups is 3. The van der Waals surface area contributed by atoms with Gasteiger partial charge in [0.05, 0.1) is 12.7 Å². The van der Waals surface area contributed by atoms with Crippen LogP contribution in [0.25, 0.3) is 10.8 Å². The Morgan fingerprint density at radius 2 is 1.52 bits per heavy atom. The van der Waals surface area contributed by atoms with E-state index in [1.165, 1.54) is 6.20 Å². The number of hydrogen-bond acceptors (Lipinski definition) is 9. The average Bonchev–Trinajstić information content (AvgIpc) is 2.87. The average molecular weight is 610 g/mol. The van der Waals surface area contributed by atoms with Crippen LogP contribution in [0, 0.1) is 6.92 Å². The van der Waals surface area contributed by atoms with E-state index in [1.54, 1.807) is 77.9 Å². The molecule has 0 aliphatic rings. The van der Waals surface area contributed by atoms with Crippen LogP contribution in [0.15, 0.2) is 42.6 Å². The third-order valence-corrected chi connectivity index (χ3v) is 6.07. The van der Waals surface area contributed by atoms with Gasteiger partial charge in [0.2, 0.25) is 0 Å². The summed E-state index contributed by atoms with van der Waals surface area (Å²) in [5, 5.41) is 14.4. The lowest BCUT2D eigenvalue weighted by Crippen LogP contribution is -2.44. The third kappa shape index (κ3) is 8.52. The number of imide groups is 1. The summed E-state index contributed by atoms with van der Waals surface area (Å²) in [6.45, 7) is 18.0. The molecule has 0 bridgehead atoms. The molecular formula is C33H43N3O8. The van der Waals surface area contributed by atoms with Gasteiger partial charge in [0.15, 0.2) is 23.4 Å². The van der Waals surface area contributed by atoms with Crippen molar-refractivity contribution in [3.8, 4) is 11.5 Å². The lowest BCUT2D eigenvalue weighted by atomic mass is 10.0. The molecule has 0 saturated carbocycles. The molecule has 1 heterocycles. The molecule has 0 aliphatic carbocycles. The molecule has 0 fully saturated rings. The van der Waals surface area contributed by atoms with Gasteiger partial charge < -0.3 is 29.4 Å². The number of aromatic nitrogens is 1. The van der Waals surface area contributed by atoms with Gasteiger partial charge in [0.25, 0.3) is 0 Å². The number of rotatable bonds is 9. The van der Waals surface area contributed by atoms with Crippen molar-refractivity contribution in [1.29, 1.82) is 0 Å². The van der Waals surface area contributed by atoms with Crippen molar-refractivity contribution in [1.82, 2.24) is 4.98 Å². The van der Waals surface area contributed by atoms with Gasteiger partial charge in [-0.3, -0.25) is 0 Å². The number of fused-ring (bicyclic) bond motifs is 1. The molecule has 0 spiro atoms. The van der Waals surface area contributed by atoms with Gasteiger partial charge in [-0.15, -0.1) is 0 Å². The number of nitrogens with zero attached hydrogens (tertiary/aromatic N) is 2. The fraction of sp³-hybridized carbons (Fsp3) is 0.455. The van der Waals surface area contributed by atoms with E-state index in [2.05, 4.69) is 10.3 Å². The fourth-order valence-corrected chi connectivity index (χ4v) is 4.35. The van der Waals surface area contributed by atoms with Crippen LogP contribution in [-0.2, 0) is 14.3 Å². The molecule has 1 aromatic heterocycles. The van der Waals surface area contributed by atoms with Gasteiger partial charge in [-0.25, -0.2) is 19.4 Å². The van der Waals surface area contributed by atoms with Gasteiger partial charge in [-0.2, -0.15) is 4.90 Å². The minimum absolute atomic E-state index is 0.0255. The second kappa shape index (κ2) is 13.4. The number of benzene rings is 2. The van der Waals surface area contributed by atoms with E-state index in [-0.39, 0.29) is 11.9 Å². The minimum Gasteiger partial charge on any atom is -0.490 e. The van der Waals surface area contributed by atoms with E-state index in [0.29, 0.717) is 45.7 Å². The SMILES string of the molecule is CCOc1cc(C(Nc2ccc3c(N(C(=O)OC(C)(C)C)C(=O)OC(C)(C)C)nccc3c2C)C(=O)O)ccc1OC(C)C. The Hall–Kier alpha value is -4.54. The first kappa shape index (κ1) is 34.0. The Balaban J connectivity index is 2.08. The fourth-order valence-electron chi connectivity index (χ4n) is 4.35. The van der Waals surface area contributed by atoms with Gasteiger partial charge in [0.1, 0.15) is 11.2 Å². The standard InChI is InChI=1S/C33H43N3O8/c1-11-41-26-18-21(12-15-25(26)42-19(2)3)27(29(37)38)35-24-14-13-23-22(20(24)4)16-17-34-28(23)36(30(39)43-32(5,6)7)31(40)44-33(8,9)10/h12-19,27,35H,11H2,1-10H3,(H,37,38). The molecule has 1 unspecified atom stereocenters. The predicted octanol–water partition coefficient (Wildman–Crippen LogP) is 7.64. The maximum absolute atomic E-state index is 13.3. The quantitative estimate of drug-likeness (QED) is 0.249. The highest BCUT2D eigenvalue weighted by molar-refractivity contribution is 6.14. The summed E-state index contributed by atoms with van der Waals surface area (Å²) < 4.78 is 22.6. The van der Waals surface area contributed by atoms with Gasteiger partial charge in [0, 0.05) is 17.3 Å². The zero-order chi connectivity index (χ0) is 33.0. The van der Waals surface area contributed by atoms with Crippen molar-refractivity contribution in [3.05, 3.63) is 53.7 Å². The van der Waals surface area contributed by atoms with Crippen molar-refractivity contribution < 1.29 is 38.4 Å². The lowest BCUT2D eigenvalue weighted by Gasteiger charge is -2.28. The van der Waals surface area contributed by atoms with Crippen LogP contribution in [-0.4, -0.2) is 52.2 Å². The number of pyridine rings is 1. The molecule has 0 aliphatic heterocycles. The van der Waals surface area contributed by atoms with Crippen LogP contribution in [0.2, 0.25) is 0 Å². The summed E-state index contributed by atoms with van der Waals surface area (Å²) in [5.41, 5.74) is -0.101. The predicted molar refractivity (Wildman–Crippen MR) is 169 cm³/mol. The van der Waals surface area contributed by atoms with Gasteiger partial charge in [-0.1, -0.05) is 6.07 Å². The number of hydrogen-bond donors (Lipinski definition) is 2. The van der Waals surface area contributed by atoms with E-state index < -0.39 is 35.4 Å². The lowest BCUT2D eigenvalue weighted by molar-refractivity contribution is -0.138. The summed E-state index contributed by atoms with van der Waals surface area (Å²) in [5.74, 6) is -0.100. The normalized spacial score (nSPS) is 12.4. The molecular weight excluding hydrogens is 566 g/mol. The monoisotopic (exact) mass is 609 g/mol. The zero-order valence-electron chi connectivity index (χ0n) is 27.1. The minimum atomic E-state index is -1.13. The Morgan fingerprint density at radius 3 is 2.05 bits per heavy atom. The molecule has 3 rings (SSSR count). The molecule has 0 radical (unpaired) electrons. The van der Waals surface area contributed by atoms with E-state index in [4.69, 9.17) is 18.9 Å². The first-order valence-electron chi connectivity index (χ1n) is 14.5. The summed E-state index contributed by atoms with van der Waals surface area (Å²) >= 11 is 0. The molecule has 11 nitrogen and oxygen atoms in total. The van der Waals surface area contributed by atoms with Crippen LogP contribution >= 0.6 is 0 Å². The number of carbonyl (C=O) groups excluding carboxylic acids is 2. The highest BCUT2D eigenvalue weighted by atomic mass is 16.6. The number of aryl methyl sites for hydroxylation is 1. The van der Waals surface area contributed by atoms with Crippen LogP contribution in [0.4, 0.5) is 21.1 Å². The number of carboxylic acids is 1. The number of ether oxygens (including phenoxy) is 4. The Kier molecular flexibility index (Phi) is 10.3. The molecule has 238 valence electrons. The topological polar surface area (TPSA) is 137 Å². The Morgan fingerprint density at radius 1 is 0.909 bits per heavy atom. The molecule has 1 atom stereocenters. The Labute approximate surface area is 258 Å². The van der Waals surface area contributed by atoms with Crippen molar-refractivity contribution in [2.75, 3.05) is 16.8 Å². The molecule has 11 heteroatoms. The first-order valence-corrected chi connectivity index (χ1v) is 14.5. The van der Waals surface area contributed by atoms with Crippen LogP contribution in [0.1, 0.15) is 79.5 Å². The van der Waals surface area contributed by atoms with E-state index in [9.17, 15) is 19.5 Å². The number of anilines is 2. The largest absolute Gasteiger partial charge is 0.490 e. The number of carboxylic acid groups (broad SMARTS) is 1. The first-order chi connectivity index (χ1) is 20.4. The number of aliphatic carboxylic acids is 1. The highest BCUT2D eigenvalue weighted by Crippen LogP contribution is 2.36.